The summed E-state index contributed by atoms with van der Waals surface area (Å²) in [4.78, 5) is 21.7. The molecule has 0 spiro atoms. The van der Waals surface area contributed by atoms with Gasteiger partial charge in [0.1, 0.15) is 4.88 Å². The first kappa shape index (κ1) is 16.1. The van der Waals surface area contributed by atoms with Crippen molar-refractivity contribution in [1.29, 1.82) is 0 Å². The first-order chi connectivity index (χ1) is 11.2. The molecule has 23 heavy (non-hydrogen) atoms. The topological polar surface area (TPSA) is 64.1 Å². The molecular weight excluding hydrogens is 310 g/mol. The van der Waals surface area contributed by atoms with Crippen LogP contribution < -0.4 is 5.32 Å². The van der Waals surface area contributed by atoms with E-state index in [1.807, 2.05) is 19.1 Å². The molecule has 0 aromatic carbocycles. The second-order valence-electron chi connectivity index (χ2n) is 5.81. The van der Waals surface area contributed by atoms with Crippen LogP contribution in [0.2, 0.25) is 0 Å². The number of carbonyl (C=O) groups excluding carboxylic acids is 1. The molecule has 0 unspecified atom stereocenters. The number of pyridine rings is 1. The highest BCUT2D eigenvalue weighted by atomic mass is 32.1. The minimum Gasteiger partial charge on any atom is -0.379 e. The van der Waals surface area contributed by atoms with Crippen molar-refractivity contribution in [2.45, 2.75) is 32.7 Å². The quantitative estimate of drug-likeness (QED) is 0.914. The fourth-order valence-corrected chi connectivity index (χ4v) is 3.74. The summed E-state index contributed by atoms with van der Waals surface area (Å²) < 4.78 is 5.59. The van der Waals surface area contributed by atoms with Crippen molar-refractivity contribution in [2.75, 3.05) is 13.2 Å². The van der Waals surface area contributed by atoms with Gasteiger partial charge in [-0.3, -0.25) is 9.78 Å². The molecule has 2 atom stereocenters. The lowest BCUT2D eigenvalue weighted by molar-refractivity contribution is 0.0928. The van der Waals surface area contributed by atoms with Crippen molar-refractivity contribution in [3.8, 4) is 0 Å². The Morgan fingerprint density at radius 1 is 1.39 bits per heavy atom. The van der Waals surface area contributed by atoms with E-state index >= 15 is 0 Å². The molecule has 6 heteroatoms. The highest BCUT2D eigenvalue weighted by molar-refractivity contribution is 7.13. The predicted molar refractivity (Wildman–Crippen MR) is 89.7 cm³/mol. The highest BCUT2D eigenvalue weighted by Crippen LogP contribution is 2.22. The van der Waals surface area contributed by atoms with E-state index in [0.29, 0.717) is 19.1 Å². The first-order valence-electron chi connectivity index (χ1n) is 7.91. The van der Waals surface area contributed by atoms with Crippen molar-refractivity contribution in [3.05, 3.63) is 45.7 Å². The van der Waals surface area contributed by atoms with E-state index < -0.39 is 0 Å². The molecule has 122 valence electrons. The average Bonchev–Trinajstić information content (AvgIpc) is 3.15. The van der Waals surface area contributed by atoms with Crippen LogP contribution in [0.15, 0.2) is 24.5 Å². The van der Waals surface area contributed by atoms with E-state index in [9.17, 15) is 4.79 Å². The van der Waals surface area contributed by atoms with Gasteiger partial charge in [0.05, 0.1) is 30.0 Å². The van der Waals surface area contributed by atoms with Gasteiger partial charge in [-0.2, -0.15) is 0 Å². The molecule has 2 aromatic heterocycles. The number of rotatable bonds is 5. The summed E-state index contributed by atoms with van der Waals surface area (Å²) in [6.45, 7) is 5.19. The van der Waals surface area contributed by atoms with Crippen LogP contribution in [0.3, 0.4) is 0 Å². The number of aromatic nitrogens is 2. The molecule has 3 heterocycles. The number of carbonyl (C=O) groups is 1. The Morgan fingerprint density at radius 2 is 2.17 bits per heavy atom. The maximum atomic E-state index is 12.5. The van der Waals surface area contributed by atoms with Crippen molar-refractivity contribution >= 4 is 17.2 Å². The van der Waals surface area contributed by atoms with Crippen molar-refractivity contribution in [2.24, 2.45) is 5.92 Å². The van der Waals surface area contributed by atoms with Crippen LogP contribution >= 0.6 is 11.3 Å². The van der Waals surface area contributed by atoms with Gasteiger partial charge in [-0.25, -0.2) is 4.98 Å². The zero-order valence-electron chi connectivity index (χ0n) is 13.4. The molecule has 0 radical (unpaired) electrons. The Bertz CT molecular complexity index is 672. The molecular formula is C17H21N3O2S. The van der Waals surface area contributed by atoms with E-state index in [1.54, 1.807) is 12.4 Å². The molecule has 1 amide bonds. The molecule has 5 nitrogen and oxygen atoms in total. The molecule has 0 saturated carbocycles. The smallest absolute Gasteiger partial charge is 0.263 e. The molecule has 1 aliphatic rings. The van der Waals surface area contributed by atoms with E-state index in [0.717, 1.165) is 28.4 Å². The minimum absolute atomic E-state index is 0.0325. The fraction of sp³-hybridized carbons (Fsp3) is 0.471. The lowest BCUT2D eigenvalue weighted by Gasteiger charge is -2.18. The normalized spacial score (nSPS) is 20.6. The molecule has 1 fully saturated rings. The van der Waals surface area contributed by atoms with Crippen LogP contribution in [-0.4, -0.2) is 35.1 Å². The zero-order chi connectivity index (χ0) is 16.2. The third-order valence-electron chi connectivity index (χ3n) is 4.11. The van der Waals surface area contributed by atoms with Crippen LogP contribution in [0, 0.1) is 12.8 Å². The molecule has 0 aliphatic carbocycles. The van der Waals surface area contributed by atoms with Crippen LogP contribution in [0.4, 0.5) is 0 Å². The van der Waals surface area contributed by atoms with Gasteiger partial charge in [-0.05, 0) is 37.5 Å². The monoisotopic (exact) mass is 331 g/mol. The van der Waals surface area contributed by atoms with Crippen LogP contribution in [-0.2, 0) is 17.6 Å². The molecule has 1 aliphatic heterocycles. The third kappa shape index (κ3) is 3.76. The minimum atomic E-state index is -0.0325. The van der Waals surface area contributed by atoms with E-state index in [-0.39, 0.29) is 11.9 Å². The number of nitrogens with zero attached hydrogens (tertiary/aromatic N) is 2. The molecule has 1 N–H and O–H groups in total. The maximum Gasteiger partial charge on any atom is 0.263 e. The number of nitrogens with one attached hydrogen (secondary N) is 1. The Hall–Kier alpha value is -1.79. The van der Waals surface area contributed by atoms with Crippen LogP contribution in [0.25, 0.3) is 0 Å². The number of ether oxygens (including phenoxy) is 1. The van der Waals surface area contributed by atoms with E-state index in [4.69, 9.17) is 4.74 Å². The predicted octanol–water partition coefficient (Wildman–Crippen LogP) is 2.40. The van der Waals surface area contributed by atoms with Gasteiger partial charge in [0.15, 0.2) is 0 Å². The van der Waals surface area contributed by atoms with Crippen molar-refractivity contribution in [3.63, 3.8) is 0 Å². The Kier molecular flexibility index (Phi) is 5.03. The summed E-state index contributed by atoms with van der Waals surface area (Å²) in [6, 6.07) is 4.07. The summed E-state index contributed by atoms with van der Waals surface area (Å²) in [7, 11) is 0. The molecule has 0 bridgehead atoms. The standard InChI is InChI=1S/C17H21N3O2S/c1-3-15-19-11(2)16(23-15)17(21)20-14-10-22-9-13(14)8-12-4-6-18-7-5-12/h4-7,13-14H,3,8-10H2,1-2H3,(H,20,21)/t13-,14-/m1/s1. The largest absolute Gasteiger partial charge is 0.379 e. The van der Waals surface area contributed by atoms with Crippen molar-refractivity contribution in [1.82, 2.24) is 15.3 Å². The fourth-order valence-electron chi connectivity index (χ4n) is 2.83. The number of hydrogen-bond donors (Lipinski definition) is 1. The van der Waals surface area contributed by atoms with Gasteiger partial charge in [-0.15, -0.1) is 11.3 Å². The lowest BCUT2D eigenvalue weighted by atomic mass is 9.95. The lowest BCUT2D eigenvalue weighted by Crippen LogP contribution is -2.40. The number of thiazole rings is 1. The Morgan fingerprint density at radius 3 is 2.87 bits per heavy atom. The zero-order valence-corrected chi connectivity index (χ0v) is 14.2. The molecule has 2 aromatic rings. The summed E-state index contributed by atoms with van der Waals surface area (Å²) in [5.74, 6) is 0.259. The second kappa shape index (κ2) is 7.19. The summed E-state index contributed by atoms with van der Waals surface area (Å²) in [5, 5.41) is 4.14. The van der Waals surface area contributed by atoms with Gasteiger partial charge < -0.3 is 10.1 Å². The third-order valence-corrected chi connectivity index (χ3v) is 5.41. The summed E-state index contributed by atoms with van der Waals surface area (Å²) >= 11 is 1.48. The van der Waals surface area contributed by atoms with Gasteiger partial charge in [0, 0.05) is 18.3 Å². The van der Waals surface area contributed by atoms with Gasteiger partial charge in [0.2, 0.25) is 0 Å². The van der Waals surface area contributed by atoms with Gasteiger partial charge in [-0.1, -0.05) is 6.92 Å². The van der Waals surface area contributed by atoms with E-state index in [1.165, 1.54) is 16.9 Å². The number of amides is 1. The van der Waals surface area contributed by atoms with Crippen LogP contribution in [0.5, 0.6) is 0 Å². The number of aryl methyl sites for hydroxylation is 2. The van der Waals surface area contributed by atoms with E-state index in [2.05, 4.69) is 22.2 Å². The highest BCUT2D eigenvalue weighted by Gasteiger charge is 2.30. The van der Waals surface area contributed by atoms with Gasteiger partial charge in [0.25, 0.3) is 5.91 Å². The first-order valence-corrected chi connectivity index (χ1v) is 8.72. The number of hydrogen-bond acceptors (Lipinski definition) is 5. The molecule has 3 rings (SSSR count). The molecule has 1 saturated heterocycles. The average molecular weight is 331 g/mol. The SMILES string of the molecule is CCc1nc(C)c(C(=O)N[C@@H]2COC[C@H]2Cc2ccncc2)s1. The Balaban J connectivity index is 1.66. The van der Waals surface area contributed by atoms with Crippen LogP contribution in [0.1, 0.15) is 32.9 Å². The second-order valence-corrected chi connectivity index (χ2v) is 6.90. The van der Waals surface area contributed by atoms with Crippen molar-refractivity contribution < 1.29 is 9.53 Å². The summed E-state index contributed by atoms with van der Waals surface area (Å²) in [6.07, 6.45) is 5.34. The van der Waals surface area contributed by atoms with Gasteiger partial charge >= 0.3 is 0 Å². The Labute approximate surface area is 140 Å². The maximum absolute atomic E-state index is 12.5. The summed E-state index contributed by atoms with van der Waals surface area (Å²) in [5.41, 5.74) is 2.03.